The highest BCUT2D eigenvalue weighted by atomic mass is 16.1. The number of aromatic nitrogens is 3. The molecule has 2 aromatic rings. The Balaban J connectivity index is 2.14. The number of hydrogen-bond acceptors (Lipinski definition) is 4. The van der Waals surface area contributed by atoms with Gasteiger partial charge < -0.3 is 10.3 Å². The van der Waals surface area contributed by atoms with Crippen LogP contribution in [-0.4, -0.2) is 21.5 Å². The Morgan fingerprint density at radius 1 is 1.28 bits per heavy atom. The highest BCUT2D eigenvalue weighted by Crippen LogP contribution is 2.14. The van der Waals surface area contributed by atoms with Crippen LogP contribution in [-0.2, 0) is 13.0 Å². The van der Waals surface area contributed by atoms with E-state index in [0.717, 1.165) is 29.9 Å². The van der Waals surface area contributed by atoms with Gasteiger partial charge in [0.25, 0.3) is 5.56 Å². The topological polar surface area (TPSA) is 70.7 Å². The molecule has 5 nitrogen and oxygen atoms in total. The number of aryl methyl sites for hydroxylation is 1. The van der Waals surface area contributed by atoms with Crippen molar-refractivity contribution < 1.29 is 0 Å². The van der Waals surface area contributed by atoms with Crippen molar-refractivity contribution in [3.63, 3.8) is 0 Å². The minimum atomic E-state index is -0.0418. The highest BCUT2D eigenvalue weighted by molar-refractivity contribution is 5.49. The van der Waals surface area contributed by atoms with Crippen LogP contribution < -0.4 is 10.9 Å². The fourth-order valence-electron chi connectivity index (χ4n) is 2.16. The van der Waals surface area contributed by atoms with Crippen LogP contribution in [0.5, 0.6) is 0 Å². The summed E-state index contributed by atoms with van der Waals surface area (Å²) < 4.78 is 0. The van der Waals surface area contributed by atoms with Crippen LogP contribution in [0.3, 0.4) is 0 Å². The van der Waals surface area contributed by atoms with Gasteiger partial charge in [-0.05, 0) is 32.0 Å². The van der Waals surface area contributed by atoms with E-state index in [4.69, 9.17) is 0 Å². The zero-order valence-electron chi connectivity index (χ0n) is 10.2. The predicted octanol–water partition coefficient (Wildman–Crippen LogP) is 0.786. The summed E-state index contributed by atoms with van der Waals surface area (Å²) in [6.45, 7) is 3.40. The molecule has 5 heteroatoms. The molecule has 0 unspecified atom stereocenters. The van der Waals surface area contributed by atoms with Gasteiger partial charge in [-0.1, -0.05) is 6.07 Å². The molecule has 0 radical (unpaired) electrons. The summed E-state index contributed by atoms with van der Waals surface area (Å²) in [6, 6.07) is 5.69. The lowest BCUT2D eigenvalue weighted by Gasteiger charge is -2.15. The van der Waals surface area contributed by atoms with Crippen LogP contribution in [0.15, 0.2) is 23.0 Å². The smallest absolute Gasteiger partial charge is 0.254 e. The minimum Gasteiger partial charge on any atom is -0.311 e. The molecule has 0 amide bonds. The van der Waals surface area contributed by atoms with Crippen molar-refractivity contribution in [2.45, 2.75) is 19.9 Å². The third-order valence-corrected chi connectivity index (χ3v) is 3.08. The molecule has 2 aromatic heterocycles. The average molecular weight is 242 g/mol. The average Bonchev–Trinajstić information content (AvgIpc) is 2.39. The maximum absolute atomic E-state index is 12.0. The number of pyridine rings is 1. The summed E-state index contributed by atoms with van der Waals surface area (Å²) in [5.41, 5.74) is 3.21. The van der Waals surface area contributed by atoms with E-state index in [2.05, 4.69) is 20.3 Å². The number of nitrogens with one attached hydrogen (secondary N) is 2. The third kappa shape index (κ3) is 1.93. The lowest BCUT2D eigenvalue weighted by Crippen LogP contribution is -2.31. The largest absolute Gasteiger partial charge is 0.311 e. The van der Waals surface area contributed by atoms with E-state index in [1.54, 1.807) is 0 Å². The van der Waals surface area contributed by atoms with Gasteiger partial charge >= 0.3 is 0 Å². The molecule has 2 N–H and O–H groups in total. The minimum absolute atomic E-state index is 0.0418. The molecule has 1 aliphatic heterocycles. The van der Waals surface area contributed by atoms with Crippen LogP contribution in [0.4, 0.5) is 0 Å². The maximum Gasteiger partial charge on any atom is 0.254 e. The first-order valence-electron chi connectivity index (χ1n) is 6.01. The molecule has 0 atom stereocenters. The molecule has 0 aromatic carbocycles. The molecule has 3 rings (SSSR count). The van der Waals surface area contributed by atoms with Gasteiger partial charge in [-0.25, -0.2) is 9.97 Å². The molecular formula is C13H14N4O. The molecule has 0 fully saturated rings. The van der Waals surface area contributed by atoms with Gasteiger partial charge in [-0.3, -0.25) is 4.79 Å². The molecule has 0 bridgehead atoms. The van der Waals surface area contributed by atoms with E-state index < -0.39 is 0 Å². The Hall–Kier alpha value is -2.01. The Bertz CT molecular complexity index is 648. The Morgan fingerprint density at radius 2 is 2.17 bits per heavy atom. The van der Waals surface area contributed by atoms with Crippen molar-refractivity contribution >= 4 is 0 Å². The normalized spacial score (nSPS) is 14.3. The van der Waals surface area contributed by atoms with E-state index in [9.17, 15) is 4.79 Å². The molecule has 3 heterocycles. The van der Waals surface area contributed by atoms with Gasteiger partial charge in [-0.2, -0.15) is 0 Å². The summed E-state index contributed by atoms with van der Waals surface area (Å²) in [5, 5.41) is 3.22. The zero-order valence-corrected chi connectivity index (χ0v) is 10.2. The number of rotatable bonds is 1. The molecule has 1 aliphatic rings. The van der Waals surface area contributed by atoms with Crippen LogP contribution in [0, 0.1) is 6.92 Å². The van der Waals surface area contributed by atoms with Gasteiger partial charge in [0.05, 0.1) is 5.69 Å². The first kappa shape index (κ1) is 11.1. The molecule has 0 aliphatic carbocycles. The van der Waals surface area contributed by atoms with Gasteiger partial charge in [0.1, 0.15) is 5.69 Å². The third-order valence-electron chi connectivity index (χ3n) is 3.08. The lowest BCUT2D eigenvalue weighted by molar-refractivity contribution is 0.619. The van der Waals surface area contributed by atoms with E-state index >= 15 is 0 Å². The molecule has 0 saturated heterocycles. The highest BCUT2D eigenvalue weighted by Gasteiger charge is 2.15. The number of hydrogen-bond donors (Lipinski definition) is 2. The van der Waals surface area contributed by atoms with Crippen molar-refractivity contribution in [3.8, 4) is 11.5 Å². The van der Waals surface area contributed by atoms with E-state index in [0.29, 0.717) is 18.1 Å². The summed E-state index contributed by atoms with van der Waals surface area (Å²) >= 11 is 0. The van der Waals surface area contributed by atoms with Crippen molar-refractivity contribution in [2.75, 3.05) is 6.54 Å². The molecule has 0 spiro atoms. The van der Waals surface area contributed by atoms with Crippen LogP contribution in [0.25, 0.3) is 11.5 Å². The fourth-order valence-corrected chi connectivity index (χ4v) is 2.16. The fraction of sp³-hybridized carbons (Fsp3) is 0.308. The summed E-state index contributed by atoms with van der Waals surface area (Å²) in [4.78, 5) is 23.7. The summed E-state index contributed by atoms with van der Waals surface area (Å²) in [6.07, 6.45) is 0.735. The quantitative estimate of drug-likeness (QED) is 0.775. The van der Waals surface area contributed by atoms with Crippen molar-refractivity contribution in [2.24, 2.45) is 0 Å². The second kappa shape index (κ2) is 4.34. The SMILES string of the molecule is Cc1cccc(-c2nc3c(c(=O)[nH]2)CCNC3)n1. The van der Waals surface area contributed by atoms with Gasteiger partial charge in [0.2, 0.25) is 0 Å². The molecule has 18 heavy (non-hydrogen) atoms. The van der Waals surface area contributed by atoms with Gasteiger partial charge in [-0.15, -0.1) is 0 Å². The van der Waals surface area contributed by atoms with Crippen molar-refractivity contribution in [1.29, 1.82) is 0 Å². The second-order valence-electron chi connectivity index (χ2n) is 4.43. The first-order chi connectivity index (χ1) is 8.74. The number of fused-ring (bicyclic) bond motifs is 1. The van der Waals surface area contributed by atoms with E-state index in [-0.39, 0.29) is 5.56 Å². The molecular weight excluding hydrogens is 228 g/mol. The standard InChI is InChI=1S/C13H14N4O/c1-8-3-2-4-10(15-8)12-16-11-7-14-6-5-9(11)13(18)17-12/h2-4,14H,5-7H2,1H3,(H,16,17,18). The molecule has 0 saturated carbocycles. The number of nitrogens with zero attached hydrogens (tertiary/aromatic N) is 2. The van der Waals surface area contributed by atoms with Crippen LogP contribution in [0.2, 0.25) is 0 Å². The van der Waals surface area contributed by atoms with E-state index in [1.165, 1.54) is 0 Å². The first-order valence-corrected chi connectivity index (χ1v) is 6.01. The molecule has 92 valence electrons. The van der Waals surface area contributed by atoms with Crippen LogP contribution in [0.1, 0.15) is 17.0 Å². The van der Waals surface area contributed by atoms with Gasteiger partial charge in [0.15, 0.2) is 5.82 Å². The van der Waals surface area contributed by atoms with Crippen molar-refractivity contribution in [3.05, 3.63) is 45.5 Å². The Labute approximate surface area is 104 Å². The van der Waals surface area contributed by atoms with E-state index in [1.807, 2.05) is 25.1 Å². The summed E-state index contributed by atoms with van der Waals surface area (Å²) in [5.74, 6) is 0.547. The second-order valence-corrected chi connectivity index (χ2v) is 4.43. The number of H-pyrrole nitrogens is 1. The number of aromatic amines is 1. The van der Waals surface area contributed by atoms with Gasteiger partial charge in [0, 0.05) is 17.8 Å². The monoisotopic (exact) mass is 242 g/mol. The van der Waals surface area contributed by atoms with Crippen LogP contribution >= 0.6 is 0 Å². The Kier molecular flexibility index (Phi) is 2.68. The zero-order chi connectivity index (χ0) is 12.5. The van der Waals surface area contributed by atoms with Crippen molar-refractivity contribution in [1.82, 2.24) is 20.3 Å². The predicted molar refractivity (Wildman–Crippen MR) is 68.2 cm³/mol. The summed E-state index contributed by atoms with van der Waals surface area (Å²) in [7, 11) is 0. The Morgan fingerprint density at radius 3 is 3.00 bits per heavy atom. The maximum atomic E-state index is 12.0. The lowest BCUT2D eigenvalue weighted by atomic mass is 10.1.